The number of aliphatic hydroxyl groups is 6. The van der Waals surface area contributed by atoms with E-state index in [0.717, 1.165) is 64.2 Å². The van der Waals surface area contributed by atoms with Gasteiger partial charge in [0.1, 0.15) is 12.2 Å². The van der Waals surface area contributed by atoms with Crippen molar-refractivity contribution in [2.24, 2.45) is 23.7 Å². The molecule has 0 aromatic carbocycles. The fourth-order valence-corrected chi connectivity index (χ4v) is 9.16. The minimum atomic E-state index is -1.06. The second-order valence-corrected chi connectivity index (χ2v) is 20.4. The molecule has 4 heterocycles. The number of epoxide rings is 2. The zero-order chi connectivity index (χ0) is 51.9. The SMILES string of the molecule is CC(=CC(=O)OCCCCCCCCC(=O)[O-])CC1OCC(CC2OC2C(C)C(C)O)C(O)C1O.CC(=CC(=O)OCCCCCCCCC(=O)[O-])CC1OCC(CC2OC2C(C)C(C)O)C(O)C1O.O.O.[Ca+2]. The fourth-order valence-electron chi connectivity index (χ4n) is 9.16. The van der Waals surface area contributed by atoms with Crippen molar-refractivity contribution in [1.29, 1.82) is 0 Å². The van der Waals surface area contributed by atoms with Crippen molar-refractivity contribution in [3.05, 3.63) is 23.3 Å². The van der Waals surface area contributed by atoms with Crippen LogP contribution in [-0.4, -0.2) is 203 Å². The Hall–Kier alpha value is -1.86. The van der Waals surface area contributed by atoms with Crippen LogP contribution in [0.2, 0.25) is 0 Å². The molecule has 21 heteroatoms. The van der Waals surface area contributed by atoms with Crippen LogP contribution in [0, 0.1) is 23.7 Å². The molecule has 20 nitrogen and oxygen atoms in total. The number of carboxylic acids is 2. The van der Waals surface area contributed by atoms with E-state index in [2.05, 4.69) is 0 Å². The van der Waals surface area contributed by atoms with Crippen LogP contribution in [0.25, 0.3) is 0 Å². The van der Waals surface area contributed by atoms with Crippen LogP contribution in [0.3, 0.4) is 0 Å². The standard InChI is InChI=1S/2C26H44O9.Ca.2H2O/c2*1-16(13-23(30)33-11-9-7-5-4-6-8-10-22(28)29)12-20-25(32)24(31)19(15-34-20)14-21-26(35-21)17(2)18(3)27;;;/h2*13,17-21,24-27,31-32H,4-12,14-15H2,1-3H3,(H,28,29);;2*1H2/q;;+2;;/p-2. The Morgan fingerprint density at radius 1 is 0.534 bits per heavy atom. The first kappa shape index (κ1) is 71.1. The van der Waals surface area contributed by atoms with Crippen LogP contribution in [0.1, 0.15) is 157 Å². The molecule has 16 atom stereocenters. The topological polar surface area (TPSA) is 361 Å². The summed E-state index contributed by atoms with van der Waals surface area (Å²) in [5, 5.41) is 82.4. The van der Waals surface area contributed by atoms with Crippen molar-refractivity contribution >= 4 is 61.6 Å². The maximum atomic E-state index is 12.0. The number of aliphatic hydroxyl groups excluding tert-OH is 6. The van der Waals surface area contributed by atoms with Gasteiger partial charge < -0.3 is 89.8 Å². The number of hydrogen-bond donors (Lipinski definition) is 6. The molecule has 10 N–H and O–H groups in total. The van der Waals surface area contributed by atoms with Crippen LogP contribution < -0.4 is 10.2 Å². The minimum absolute atomic E-state index is 0. The molecule has 4 saturated heterocycles. The van der Waals surface area contributed by atoms with Crippen LogP contribution in [0.4, 0.5) is 0 Å². The molecule has 0 amide bonds. The van der Waals surface area contributed by atoms with Crippen molar-refractivity contribution in [2.45, 2.75) is 230 Å². The van der Waals surface area contributed by atoms with Gasteiger partial charge in [0.25, 0.3) is 0 Å². The Morgan fingerprint density at radius 2 is 0.849 bits per heavy atom. The Labute approximate surface area is 462 Å². The maximum Gasteiger partial charge on any atom is 2.00 e. The zero-order valence-corrected chi connectivity index (χ0v) is 46.4. The molecule has 4 aliphatic rings. The first-order valence-corrected chi connectivity index (χ1v) is 25.9. The third-order valence-corrected chi connectivity index (χ3v) is 14.2. The van der Waals surface area contributed by atoms with Gasteiger partial charge in [-0.2, -0.15) is 0 Å². The molecule has 0 spiro atoms. The summed E-state index contributed by atoms with van der Waals surface area (Å²) in [6.45, 7) is 12.1. The molecule has 0 bridgehead atoms. The largest absolute Gasteiger partial charge is 2.00 e. The first-order chi connectivity index (χ1) is 33.2. The average molecular weight is 1080 g/mol. The van der Waals surface area contributed by atoms with Crippen molar-refractivity contribution in [2.75, 3.05) is 26.4 Å². The number of unbranched alkanes of at least 4 members (excludes halogenated alkanes) is 10. The number of ether oxygens (including phenoxy) is 6. The van der Waals surface area contributed by atoms with Gasteiger partial charge in [0, 0.05) is 47.8 Å². The number of esters is 2. The van der Waals surface area contributed by atoms with Crippen molar-refractivity contribution in [3.63, 3.8) is 0 Å². The molecule has 420 valence electrons. The molecule has 0 aromatic heterocycles. The second-order valence-electron chi connectivity index (χ2n) is 20.4. The van der Waals surface area contributed by atoms with Gasteiger partial charge in [-0.05, 0) is 91.9 Å². The van der Waals surface area contributed by atoms with Crippen LogP contribution >= 0.6 is 0 Å². The molecular formula is C52H90CaO20. The summed E-state index contributed by atoms with van der Waals surface area (Å²) in [4.78, 5) is 44.8. The number of carbonyl (C=O) groups excluding carboxylic acids is 4. The Balaban J connectivity index is 0.00000136. The van der Waals surface area contributed by atoms with Gasteiger partial charge in [-0.3, -0.25) is 0 Å². The van der Waals surface area contributed by atoms with Gasteiger partial charge >= 0.3 is 49.7 Å². The van der Waals surface area contributed by atoms with E-state index < -0.39 is 72.7 Å². The molecule has 0 saturated carbocycles. The van der Waals surface area contributed by atoms with E-state index in [9.17, 15) is 60.0 Å². The molecule has 0 aromatic rings. The first-order valence-electron chi connectivity index (χ1n) is 25.9. The molecule has 16 unspecified atom stereocenters. The monoisotopic (exact) mass is 1070 g/mol. The summed E-state index contributed by atoms with van der Waals surface area (Å²) < 4.78 is 33.4. The van der Waals surface area contributed by atoms with E-state index in [1.807, 2.05) is 13.8 Å². The van der Waals surface area contributed by atoms with Gasteiger partial charge in [0.15, 0.2) is 0 Å². The second kappa shape index (κ2) is 37.8. The van der Waals surface area contributed by atoms with Gasteiger partial charge in [-0.15, -0.1) is 0 Å². The summed E-state index contributed by atoms with van der Waals surface area (Å²) >= 11 is 0. The summed E-state index contributed by atoms with van der Waals surface area (Å²) in [6, 6.07) is 0. The average Bonchev–Trinajstić information content (AvgIpc) is 4.23. The summed E-state index contributed by atoms with van der Waals surface area (Å²) in [7, 11) is 0. The predicted octanol–water partition coefficient (Wildman–Crippen LogP) is 0.485. The third kappa shape index (κ3) is 27.8. The Bertz CT molecular complexity index is 1510. The Kier molecular flexibility index (Phi) is 36.9. The van der Waals surface area contributed by atoms with Crippen LogP contribution in [-0.2, 0) is 47.6 Å². The molecule has 73 heavy (non-hydrogen) atoms. The third-order valence-electron chi connectivity index (χ3n) is 14.2. The van der Waals surface area contributed by atoms with E-state index >= 15 is 0 Å². The molecular weight excluding hydrogens is 985 g/mol. The predicted molar refractivity (Wildman–Crippen MR) is 265 cm³/mol. The summed E-state index contributed by atoms with van der Waals surface area (Å²) in [5.74, 6) is -3.37. The van der Waals surface area contributed by atoms with Gasteiger partial charge in [-0.25, -0.2) is 9.59 Å². The van der Waals surface area contributed by atoms with E-state index in [1.54, 1.807) is 27.7 Å². The van der Waals surface area contributed by atoms with Gasteiger partial charge in [-0.1, -0.05) is 76.4 Å². The molecule has 0 radical (unpaired) electrons. The van der Waals surface area contributed by atoms with E-state index in [-0.39, 0.29) is 110 Å². The van der Waals surface area contributed by atoms with Crippen molar-refractivity contribution in [1.82, 2.24) is 0 Å². The molecule has 4 rings (SSSR count). The van der Waals surface area contributed by atoms with Crippen molar-refractivity contribution in [3.8, 4) is 0 Å². The number of carbonyl (C=O) groups is 4. The minimum Gasteiger partial charge on any atom is -0.550 e. The molecule has 0 aliphatic carbocycles. The normalized spacial score (nSPS) is 29.3. The number of carboxylic acid groups (broad SMARTS) is 2. The van der Waals surface area contributed by atoms with Gasteiger partial charge in [0.2, 0.25) is 0 Å². The number of rotatable bonds is 32. The number of hydrogen-bond acceptors (Lipinski definition) is 18. The Morgan fingerprint density at radius 3 is 1.16 bits per heavy atom. The van der Waals surface area contributed by atoms with E-state index in [0.29, 0.717) is 76.1 Å². The van der Waals surface area contributed by atoms with E-state index in [4.69, 9.17) is 28.4 Å². The molecule has 4 fully saturated rings. The smallest absolute Gasteiger partial charge is 0.550 e. The van der Waals surface area contributed by atoms with Crippen molar-refractivity contribution < 1.29 is 99.4 Å². The summed E-state index contributed by atoms with van der Waals surface area (Å²) in [5.41, 5.74) is 1.41. The van der Waals surface area contributed by atoms with E-state index in [1.165, 1.54) is 12.2 Å². The fraction of sp³-hybridized carbons (Fsp3) is 0.846. The summed E-state index contributed by atoms with van der Waals surface area (Å²) in [6.07, 6.45) is 8.59. The quantitative estimate of drug-likeness (QED) is 0.0175. The van der Waals surface area contributed by atoms with Crippen LogP contribution in [0.5, 0.6) is 0 Å². The van der Waals surface area contributed by atoms with Gasteiger partial charge in [0.05, 0.1) is 87.5 Å². The van der Waals surface area contributed by atoms with Crippen LogP contribution in [0.15, 0.2) is 23.3 Å². The molecule has 4 aliphatic heterocycles. The number of aliphatic carboxylic acids is 2. The zero-order valence-electron chi connectivity index (χ0n) is 44.2. The maximum absolute atomic E-state index is 12.0.